The van der Waals surface area contributed by atoms with Gasteiger partial charge in [0.25, 0.3) is 0 Å². The standard InChI is InChI=1S/C11H20N2O6/c1-18-6-8(19-2)4-12-11(17)13-5-7(14)3-9(13)10(15)16/h7-9,14H,3-6H2,1-2H3,(H,12,17)(H,15,16)/t7?,8?,9-/m0/s1. The zero-order valence-electron chi connectivity index (χ0n) is 11.0. The fourth-order valence-corrected chi connectivity index (χ4v) is 1.97. The average Bonchev–Trinajstić information content (AvgIpc) is 2.76. The maximum absolute atomic E-state index is 11.9. The number of aliphatic hydroxyl groups excluding tert-OH is 1. The number of carboxylic acid groups (broad SMARTS) is 1. The van der Waals surface area contributed by atoms with Crippen LogP contribution in [-0.4, -0.2) is 79.3 Å². The molecule has 0 radical (unpaired) electrons. The van der Waals surface area contributed by atoms with E-state index in [-0.39, 0.29) is 25.6 Å². The van der Waals surface area contributed by atoms with Crippen LogP contribution in [-0.2, 0) is 14.3 Å². The van der Waals surface area contributed by atoms with Crippen LogP contribution in [0.4, 0.5) is 4.79 Å². The highest BCUT2D eigenvalue weighted by Crippen LogP contribution is 2.18. The molecule has 8 heteroatoms. The first-order chi connectivity index (χ1) is 8.99. The summed E-state index contributed by atoms with van der Waals surface area (Å²) < 4.78 is 9.98. The van der Waals surface area contributed by atoms with Gasteiger partial charge in [-0.25, -0.2) is 9.59 Å². The number of urea groups is 1. The van der Waals surface area contributed by atoms with E-state index < -0.39 is 24.1 Å². The van der Waals surface area contributed by atoms with Crippen LogP contribution < -0.4 is 5.32 Å². The van der Waals surface area contributed by atoms with Crippen LogP contribution in [0.2, 0.25) is 0 Å². The Bertz CT molecular complexity index is 324. The molecule has 0 aromatic carbocycles. The molecule has 0 spiro atoms. The molecule has 1 saturated heterocycles. The summed E-state index contributed by atoms with van der Waals surface area (Å²) in [5.74, 6) is -1.12. The number of carbonyl (C=O) groups excluding carboxylic acids is 1. The van der Waals surface area contributed by atoms with Gasteiger partial charge in [-0.2, -0.15) is 0 Å². The summed E-state index contributed by atoms with van der Waals surface area (Å²) in [6, 6.07) is -1.51. The minimum Gasteiger partial charge on any atom is -0.480 e. The summed E-state index contributed by atoms with van der Waals surface area (Å²) >= 11 is 0. The Balaban J connectivity index is 2.50. The van der Waals surface area contributed by atoms with E-state index in [0.717, 1.165) is 4.90 Å². The zero-order valence-corrected chi connectivity index (χ0v) is 11.0. The number of β-amino-alcohol motifs (C(OH)–C–C–N with tert-alkyl or cyclic N) is 1. The number of methoxy groups -OCH3 is 2. The molecule has 1 aliphatic rings. The monoisotopic (exact) mass is 276 g/mol. The third-order valence-corrected chi connectivity index (χ3v) is 2.99. The fraction of sp³-hybridized carbons (Fsp3) is 0.818. The Morgan fingerprint density at radius 3 is 2.68 bits per heavy atom. The van der Waals surface area contributed by atoms with Crippen molar-refractivity contribution >= 4 is 12.0 Å². The molecule has 3 atom stereocenters. The van der Waals surface area contributed by atoms with Crippen molar-refractivity contribution in [3.8, 4) is 0 Å². The number of rotatable bonds is 6. The Kier molecular flexibility index (Phi) is 6.00. The maximum atomic E-state index is 11.9. The minimum atomic E-state index is -1.12. The lowest BCUT2D eigenvalue weighted by Crippen LogP contribution is -2.48. The van der Waals surface area contributed by atoms with Crippen molar-refractivity contribution in [1.29, 1.82) is 0 Å². The molecule has 0 aliphatic carbocycles. The fourth-order valence-electron chi connectivity index (χ4n) is 1.97. The summed E-state index contributed by atoms with van der Waals surface area (Å²) in [6.07, 6.45) is -1.05. The third-order valence-electron chi connectivity index (χ3n) is 2.99. The molecular weight excluding hydrogens is 256 g/mol. The van der Waals surface area contributed by atoms with Crippen LogP contribution >= 0.6 is 0 Å². The van der Waals surface area contributed by atoms with E-state index in [9.17, 15) is 14.7 Å². The second kappa shape index (κ2) is 7.27. The maximum Gasteiger partial charge on any atom is 0.326 e. The first kappa shape index (κ1) is 15.7. The summed E-state index contributed by atoms with van der Waals surface area (Å²) in [4.78, 5) is 24.0. The molecule has 1 heterocycles. The van der Waals surface area contributed by atoms with Gasteiger partial charge >= 0.3 is 12.0 Å². The molecule has 19 heavy (non-hydrogen) atoms. The molecular formula is C11H20N2O6. The van der Waals surface area contributed by atoms with Crippen molar-refractivity contribution < 1.29 is 29.3 Å². The number of carboxylic acids is 1. The van der Waals surface area contributed by atoms with Crippen molar-refractivity contribution in [2.75, 3.05) is 33.9 Å². The van der Waals surface area contributed by atoms with Gasteiger partial charge in [0.05, 0.1) is 18.8 Å². The number of aliphatic hydroxyl groups is 1. The second-order valence-corrected chi connectivity index (χ2v) is 4.40. The van der Waals surface area contributed by atoms with E-state index in [1.165, 1.54) is 14.2 Å². The smallest absolute Gasteiger partial charge is 0.326 e. The van der Waals surface area contributed by atoms with Crippen molar-refractivity contribution in [3.05, 3.63) is 0 Å². The lowest BCUT2D eigenvalue weighted by Gasteiger charge is -2.23. The summed E-state index contributed by atoms with van der Waals surface area (Å²) in [5.41, 5.74) is 0. The Morgan fingerprint density at radius 1 is 1.47 bits per heavy atom. The summed E-state index contributed by atoms with van der Waals surface area (Å²) in [5, 5.41) is 21.0. The van der Waals surface area contributed by atoms with Gasteiger partial charge in [-0.3, -0.25) is 0 Å². The minimum absolute atomic E-state index is 0.0186. The Hall–Kier alpha value is -1.38. The molecule has 0 saturated carbocycles. The highest BCUT2D eigenvalue weighted by molar-refractivity contribution is 5.83. The van der Waals surface area contributed by atoms with E-state index in [1.807, 2.05) is 0 Å². The number of nitrogens with one attached hydrogen (secondary N) is 1. The molecule has 2 amide bonds. The van der Waals surface area contributed by atoms with Gasteiger partial charge in [-0.05, 0) is 0 Å². The molecule has 0 aromatic rings. The van der Waals surface area contributed by atoms with E-state index in [4.69, 9.17) is 14.6 Å². The third kappa shape index (κ3) is 4.34. The van der Waals surface area contributed by atoms with E-state index in [2.05, 4.69) is 5.32 Å². The number of amides is 2. The molecule has 3 N–H and O–H groups in total. The highest BCUT2D eigenvalue weighted by Gasteiger charge is 2.38. The molecule has 1 aliphatic heterocycles. The van der Waals surface area contributed by atoms with Crippen LogP contribution in [0.1, 0.15) is 6.42 Å². The largest absolute Gasteiger partial charge is 0.480 e. The number of hydrogen-bond donors (Lipinski definition) is 3. The Labute approximate surface area is 111 Å². The first-order valence-corrected chi connectivity index (χ1v) is 5.96. The lowest BCUT2D eigenvalue weighted by atomic mass is 10.2. The topological polar surface area (TPSA) is 108 Å². The number of hydrogen-bond acceptors (Lipinski definition) is 5. The number of likely N-dealkylation sites (tertiary alicyclic amines) is 1. The molecule has 0 aromatic heterocycles. The number of aliphatic carboxylic acids is 1. The van der Waals surface area contributed by atoms with Gasteiger partial charge < -0.3 is 29.9 Å². The highest BCUT2D eigenvalue weighted by atomic mass is 16.5. The van der Waals surface area contributed by atoms with Gasteiger partial charge in [-0.1, -0.05) is 0 Å². The van der Waals surface area contributed by atoms with Gasteiger partial charge in [-0.15, -0.1) is 0 Å². The van der Waals surface area contributed by atoms with Crippen molar-refractivity contribution in [1.82, 2.24) is 10.2 Å². The van der Waals surface area contributed by atoms with Crippen molar-refractivity contribution in [3.63, 3.8) is 0 Å². The number of ether oxygens (including phenoxy) is 2. The van der Waals surface area contributed by atoms with Gasteiger partial charge in [0.2, 0.25) is 0 Å². The molecule has 1 fully saturated rings. The molecule has 8 nitrogen and oxygen atoms in total. The zero-order chi connectivity index (χ0) is 14.4. The van der Waals surface area contributed by atoms with Crippen LogP contribution in [0.5, 0.6) is 0 Å². The second-order valence-electron chi connectivity index (χ2n) is 4.40. The van der Waals surface area contributed by atoms with Gasteiger partial charge in [0.1, 0.15) is 6.04 Å². The number of carbonyl (C=O) groups is 2. The molecule has 1 rings (SSSR count). The van der Waals surface area contributed by atoms with Crippen LogP contribution in [0, 0.1) is 0 Å². The van der Waals surface area contributed by atoms with Crippen molar-refractivity contribution in [2.24, 2.45) is 0 Å². The van der Waals surface area contributed by atoms with E-state index >= 15 is 0 Å². The summed E-state index contributed by atoms with van der Waals surface area (Å²) in [7, 11) is 3.01. The lowest BCUT2D eigenvalue weighted by molar-refractivity contribution is -0.141. The van der Waals surface area contributed by atoms with Crippen molar-refractivity contribution in [2.45, 2.75) is 24.7 Å². The average molecular weight is 276 g/mol. The van der Waals surface area contributed by atoms with Gasteiger partial charge in [0.15, 0.2) is 0 Å². The molecule has 2 unspecified atom stereocenters. The van der Waals surface area contributed by atoms with Crippen LogP contribution in [0.25, 0.3) is 0 Å². The predicted molar refractivity (Wildman–Crippen MR) is 64.8 cm³/mol. The van der Waals surface area contributed by atoms with E-state index in [0.29, 0.717) is 6.61 Å². The first-order valence-electron chi connectivity index (χ1n) is 5.96. The molecule has 110 valence electrons. The Morgan fingerprint density at radius 2 is 2.16 bits per heavy atom. The summed E-state index contributed by atoms with van der Waals surface area (Å²) in [6.45, 7) is 0.550. The molecule has 0 bridgehead atoms. The SMILES string of the molecule is COCC(CNC(=O)N1CC(O)C[C@H]1C(=O)O)OC. The van der Waals surface area contributed by atoms with Crippen LogP contribution in [0.3, 0.4) is 0 Å². The van der Waals surface area contributed by atoms with Gasteiger partial charge in [0, 0.05) is 33.7 Å². The van der Waals surface area contributed by atoms with E-state index in [1.54, 1.807) is 0 Å². The predicted octanol–water partition coefficient (Wildman–Crippen LogP) is -1.12. The van der Waals surface area contributed by atoms with Crippen LogP contribution in [0.15, 0.2) is 0 Å². The normalized spacial score (nSPS) is 24.3. The number of nitrogens with zero attached hydrogens (tertiary/aromatic N) is 1. The quantitative estimate of drug-likeness (QED) is 0.567.